The Morgan fingerprint density at radius 3 is 2.50 bits per heavy atom. The predicted molar refractivity (Wildman–Crippen MR) is 110 cm³/mol. The number of hydrogen-bond acceptors (Lipinski definition) is 4. The van der Waals surface area contributed by atoms with Crippen LogP contribution in [-0.2, 0) is 0 Å². The van der Waals surface area contributed by atoms with Crippen molar-refractivity contribution in [1.29, 1.82) is 0 Å². The first-order valence-corrected chi connectivity index (χ1v) is 10.5. The maximum absolute atomic E-state index is 4.97. The Bertz CT molecular complexity index is 924. The van der Waals surface area contributed by atoms with Crippen molar-refractivity contribution in [2.45, 2.75) is 50.6 Å². The normalized spacial score (nSPS) is 25.8. The minimum atomic E-state index is 0.571. The number of aromatic nitrogens is 4. The van der Waals surface area contributed by atoms with Crippen molar-refractivity contribution in [2.75, 3.05) is 6.54 Å². The second-order valence-electron chi connectivity index (χ2n) is 7.39. The number of hydrogen-bond donors (Lipinski definition) is 0. The molecule has 3 aromatic rings. The van der Waals surface area contributed by atoms with Crippen LogP contribution in [0.2, 0.25) is 0 Å². The van der Waals surface area contributed by atoms with E-state index in [9.17, 15) is 0 Å². The molecule has 6 heteroatoms. The highest BCUT2D eigenvalue weighted by molar-refractivity contribution is 14.1. The lowest BCUT2D eigenvalue weighted by molar-refractivity contribution is 0.132. The largest absolute Gasteiger partial charge is 0.298 e. The van der Waals surface area contributed by atoms with Crippen molar-refractivity contribution in [3.63, 3.8) is 0 Å². The third-order valence-corrected chi connectivity index (χ3v) is 7.11. The van der Waals surface area contributed by atoms with Gasteiger partial charge in [-0.05, 0) is 73.0 Å². The highest BCUT2D eigenvalue weighted by Gasteiger charge is 2.40. The van der Waals surface area contributed by atoms with Gasteiger partial charge in [0.15, 0.2) is 5.65 Å². The van der Waals surface area contributed by atoms with E-state index in [0.29, 0.717) is 5.92 Å². The number of halogens is 1. The van der Waals surface area contributed by atoms with Crippen LogP contribution in [0.15, 0.2) is 36.8 Å². The molecule has 0 saturated carbocycles. The first-order valence-electron chi connectivity index (χ1n) is 9.45. The molecular formula is C20H22IN5. The topological polar surface area (TPSA) is 46.3 Å². The number of pyridine rings is 1. The fourth-order valence-electron chi connectivity index (χ4n) is 4.97. The molecule has 2 unspecified atom stereocenters. The van der Waals surface area contributed by atoms with Crippen molar-refractivity contribution in [1.82, 2.24) is 24.5 Å². The zero-order valence-electron chi connectivity index (χ0n) is 14.8. The van der Waals surface area contributed by atoms with Gasteiger partial charge in [0.05, 0.1) is 3.57 Å². The van der Waals surface area contributed by atoms with E-state index >= 15 is 0 Å². The maximum atomic E-state index is 4.97. The zero-order chi connectivity index (χ0) is 17.7. The molecule has 5 rings (SSSR count). The smallest absolute Gasteiger partial charge is 0.169 e. The highest BCUT2D eigenvalue weighted by Crippen LogP contribution is 2.43. The van der Waals surface area contributed by atoms with Crippen molar-refractivity contribution in [3.8, 4) is 11.3 Å². The van der Waals surface area contributed by atoms with E-state index < -0.39 is 0 Å². The minimum Gasteiger partial charge on any atom is -0.298 e. The van der Waals surface area contributed by atoms with Crippen LogP contribution < -0.4 is 0 Å². The van der Waals surface area contributed by atoms with Gasteiger partial charge in [-0.1, -0.05) is 6.92 Å². The van der Waals surface area contributed by atoms with Crippen LogP contribution in [0, 0.1) is 3.57 Å². The third-order valence-electron chi connectivity index (χ3n) is 6.11. The third kappa shape index (κ3) is 2.57. The van der Waals surface area contributed by atoms with Gasteiger partial charge in [0.1, 0.15) is 5.69 Å². The molecule has 5 heterocycles. The number of rotatable bonds is 3. The van der Waals surface area contributed by atoms with Gasteiger partial charge in [0.2, 0.25) is 0 Å². The van der Waals surface area contributed by atoms with Crippen molar-refractivity contribution >= 4 is 28.2 Å². The lowest BCUT2D eigenvalue weighted by atomic mass is 9.88. The molecule has 2 fully saturated rings. The summed E-state index contributed by atoms with van der Waals surface area (Å²) in [5.74, 6) is 0.571. The van der Waals surface area contributed by atoms with Crippen LogP contribution >= 0.6 is 22.6 Å². The first kappa shape index (κ1) is 16.6. The Hall–Kier alpha value is -1.54. The monoisotopic (exact) mass is 459 g/mol. The standard InChI is InChI=1S/C20H22IN5/c1-2-25-15-3-4-16(25)12-14(11-15)17-7-10-23-20-18(21)19(24-26(17)20)13-5-8-22-9-6-13/h5-10,14-16H,2-4,11-12H2,1H3. The molecule has 2 aliphatic rings. The van der Waals surface area contributed by atoms with Crippen LogP contribution in [0.3, 0.4) is 0 Å². The summed E-state index contributed by atoms with van der Waals surface area (Å²) in [5.41, 5.74) is 4.39. The van der Waals surface area contributed by atoms with E-state index in [4.69, 9.17) is 5.10 Å². The van der Waals surface area contributed by atoms with Crippen LogP contribution in [0.5, 0.6) is 0 Å². The summed E-state index contributed by atoms with van der Waals surface area (Å²) in [6.07, 6.45) is 10.8. The van der Waals surface area contributed by atoms with Crippen molar-refractivity contribution < 1.29 is 0 Å². The van der Waals surface area contributed by atoms with E-state index in [1.807, 2.05) is 30.7 Å². The molecule has 0 amide bonds. The molecule has 2 bridgehead atoms. The molecule has 0 N–H and O–H groups in total. The summed E-state index contributed by atoms with van der Waals surface area (Å²) in [7, 11) is 0. The SMILES string of the molecule is CCN1C2CCC1CC(c1ccnc3c(I)c(-c4ccncc4)nn13)C2. The Morgan fingerprint density at radius 1 is 1.08 bits per heavy atom. The van der Waals surface area contributed by atoms with Gasteiger partial charge in [-0.2, -0.15) is 5.10 Å². The van der Waals surface area contributed by atoms with Gasteiger partial charge in [-0.25, -0.2) is 9.50 Å². The number of nitrogens with zero attached hydrogens (tertiary/aromatic N) is 5. The molecule has 0 radical (unpaired) electrons. The van der Waals surface area contributed by atoms with Crippen molar-refractivity contribution in [2.24, 2.45) is 0 Å². The lowest BCUT2D eigenvalue weighted by Crippen LogP contribution is -2.42. The fourth-order valence-corrected chi connectivity index (χ4v) is 5.76. The Balaban J connectivity index is 1.57. The molecule has 26 heavy (non-hydrogen) atoms. The fraction of sp³-hybridized carbons (Fsp3) is 0.450. The van der Waals surface area contributed by atoms with Gasteiger partial charge in [-0.15, -0.1) is 0 Å². The average Bonchev–Trinajstić information content (AvgIpc) is 3.15. The van der Waals surface area contributed by atoms with Crippen LogP contribution in [0.4, 0.5) is 0 Å². The van der Waals surface area contributed by atoms with E-state index in [1.54, 1.807) is 0 Å². The minimum absolute atomic E-state index is 0.571. The molecular weight excluding hydrogens is 437 g/mol. The van der Waals surface area contributed by atoms with Crippen LogP contribution in [-0.4, -0.2) is 43.1 Å². The van der Waals surface area contributed by atoms with Crippen molar-refractivity contribution in [3.05, 3.63) is 46.1 Å². The Labute approximate surface area is 167 Å². The van der Waals surface area contributed by atoms with Gasteiger partial charge in [-0.3, -0.25) is 9.88 Å². The summed E-state index contributed by atoms with van der Waals surface area (Å²) < 4.78 is 3.22. The van der Waals surface area contributed by atoms with Gasteiger partial charge in [0.25, 0.3) is 0 Å². The molecule has 0 aromatic carbocycles. The quantitative estimate of drug-likeness (QED) is 0.553. The van der Waals surface area contributed by atoms with E-state index in [0.717, 1.165) is 32.6 Å². The zero-order valence-corrected chi connectivity index (χ0v) is 17.0. The van der Waals surface area contributed by atoms with Gasteiger partial charge < -0.3 is 0 Å². The summed E-state index contributed by atoms with van der Waals surface area (Å²) in [5, 5.41) is 4.97. The highest BCUT2D eigenvalue weighted by atomic mass is 127. The molecule has 5 nitrogen and oxygen atoms in total. The van der Waals surface area contributed by atoms with Crippen LogP contribution in [0.1, 0.15) is 44.2 Å². The second-order valence-corrected chi connectivity index (χ2v) is 8.47. The number of fused-ring (bicyclic) bond motifs is 3. The summed E-state index contributed by atoms with van der Waals surface area (Å²) in [4.78, 5) is 11.5. The predicted octanol–water partition coefficient (Wildman–Crippen LogP) is 4.13. The van der Waals surface area contributed by atoms with Crippen LogP contribution in [0.25, 0.3) is 16.9 Å². The second kappa shape index (κ2) is 6.56. The van der Waals surface area contributed by atoms with E-state index in [1.165, 1.54) is 37.9 Å². The average molecular weight is 459 g/mol. The molecule has 2 atom stereocenters. The Morgan fingerprint density at radius 2 is 1.81 bits per heavy atom. The molecule has 2 aliphatic heterocycles. The van der Waals surface area contributed by atoms with E-state index in [2.05, 4.69) is 55.0 Å². The Kier molecular flexibility index (Phi) is 4.20. The molecule has 134 valence electrons. The maximum Gasteiger partial charge on any atom is 0.169 e. The lowest BCUT2D eigenvalue weighted by Gasteiger charge is -2.38. The summed E-state index contributed by atoms with van der Waals surface area (Å²) in [6, 6.07) is 7.69. The summed E-state index contributed by atoms with van der Waals surface area (Å²) >= 11 is 2.38. The molecule has 0 spiro atoms. The molecule has 0 aliphatic carbocycles. The first-order chi connectivity index (χ1) is 12.8. The van der Waals surface area contributed by atoms with Gasteiger partial charge in [0, 0.05) is 47.8 Å². The number of piperidine rings is 1. The summed E-state index contributed by atoms with van der Waals surface area (Å²) in [6.45, 7) is 3.48. The van der Waals surface area contributed by atoms with Gasteiger partial charge >= 0.3 is 0 Å². The van der Waals surface area contributed by atoms with E-state index in [-0.39, 0.29) is 0 Å². The molecule has 3 aromatic heterocycles. The molecule has 2 saturated heterocycles.